The summed E-state index contributed by atoms with van der Waals surface area (Å²) in [5, 5.41) is 0. The second kappa shape index (κ2) is 5.35. The lowest BCUT2D eigenvalue weighted by molar-refractivity contribution is -0.160. The van der Waals surface area contributed by atoms with Gasteiger partial charge in [0.15, 0.2) is 0 Å². The number of carbonyl (C=O) groups excluding carboxylic acids is 1. The molecule has 0 aromatic heterocycles. The summed E-state index contributed by atoms with van der Waals surface area (Å²) in [6, 6.07) is 10.1. The molecular weight excluding hydrogens is 212 g/mol. The Kier molecular flexibility index (Phi) is 4.33. The molecule has 0 aliphatic heterocycles. The second-order valence-electron chi connectivity index (χ2n) is 5.52. The van der Waals surface area contributed by atoms with Crippen LogP contribution in [0.5, 0.6) is 0 Å². The van der Waals surface area contributed by atoms with E-state index in [0.29, 0.717) is 0 Å². The summed E-state index contributed by atoms with van der Waals surface area (Å²) in [5.74, 6) is -0.0865. The van der Waals surface area contributed by atoms with Crippen LogP contribution in [0.4, 0.5) is 0 Å². The fourth-order valence-corrected chi connectivity index (χ4v) is 1.64. The van der Waals surface area contributed by atoms with Gasteiger partial charge in [0, 0.05) is 0 Å². The van der Waals surface area contributed by atoms with Crippen molar-refractivity contribution in [2.75, 3.05) is 0 Å². The fourth-order valence-electron chi connectivity index (χ4n) is 1.64. The van der Waals surface area contributed by atoms with Crippen molar-refractivity contribution in [3.8, 4) is 0 Å². The van der Waals surface area contributed by atoms with Gasteiger partial charge in [0.1, 0.15) is 5.60 Å². The molecular formula is C15H22O2. The molecule has 1 aromatic rings. The third kappa shape index (κ3) is 4.22. The Morgan fingerprint density at radius 3 is 2.12 bits per heavy atom. The van der Waals surface area contributed by atoms with Crippen LogP contribution in [0.1, 0.15) is 46.1 Å². The minimum Gasteiger partial charge on any atom is -0.460 e. The number of ether oxygens (including phenoxy) is 1. The predicted molar refractivity (Wildman–Crippen MR) is 69.9 cm³/mol. The zero-order valence-corrected chi connectivity index (χ0v) is 11.4. The van der Waals surface area contributed by atoms with Gasteiger partial charge in [0.25, 0.3) is 0 Å². The maximum absolute atomic E-state index is 12.0. The van der Waals surface area contributed by atoms with E-state index in [1.54, 1.807) is 0 Å². The van der Waals surface area contributed by atoms with Crippen LogP contribution >= 0.6 is 0 Å². The van der Waals surface area contributed by atoms with Crippen molar-refractivity contribution in [1.29, 1.82) is 0 Å². The summed E-state index contributed by atoms with van der Waals surface area (Å²) in [7, 11) is 0. The molecule has 0 fully saturated rings. The van der Waals surface area contributed by atoms with Gasteiger partial charge in [0.2, 0.25) is 0 Å². The van der Waals surface area contributed by atoms with E-state index in [4.69, 9.17) is 4.74 Å². The summed E-state index contributed by atoms with van der Waals surface area (Å²) in [5.41, 5.74) is 0.757. The summed E-state index contributed by atoms with van der Waals surface area (Å²) in [4.78, 5) is 12.0. The minimum absolute atomic E-state index is 0.128. The van der Waals surface area contributed by atoms with Crippen LogP contribution in [0.25, 0.3) is 0 Å². The summed E-state index contributed by atoms with van der Waals surface area (Å²) >= 11 is 0. The number of benzene rings is 1. The highest BCUT2D eigenvalue weighted by molar-refractivity contribution is 5.73. The highest BCUT2D eigenvalue weighted by atomic mass is 16.6. The molecule has 1 rings (SSSR count). The van der Waals surface area contributed by atoms with Crippen molar-refractivity contribution in [3.63, 3.8) is 0 Å². The Hall–Kier alpha value is -1.31. The highest BCUT2D eigenvalue weighted by Gasteiger charge is 2.26. The number of hydrogen-bond donors (Lipinski definition) is 0. The topological polar surface area (TPSA) is 26.3 Å². The van der Waals surface area contributed by atoms with Gasteiger partial charge < -0.3 is 4.74 Å². The number of esters is 1. The molecule has 0 radical (unpaired) electrons. The van der Waals surface area contributed by atoms with Crippen molar-refractivity contribution in [3.05, 3.63) is 35.9 Å². The largest absolute Gasteiger partial charge is 0.460 e. The van der Waals surface area contributed by atoms with Crippen LogP contribution in [0.2, 0.25) is 0 Å². The van der Waals surface area contributed by atoms with E-state index in [2.05, 4.69) is 6.92 Å². The lowest BCUT2D eigenvalue weighted by atomic mass is 9.89. The summed E-state index contributed by atoms with van der Waals surface area (Å²) in [6.45, 7) is 9.66. The van der Waals surface area contributed by atoms with Crippen LogP contribution in [-0.4, -0.2) is 11.6 Å². The molecule has 0 aliphatic carbocycles. The first kappa shape index (κ1) is 13.8. The van der Waals surface area contributed by atoms with Gasteiger partial charge in [-0.1, -0.05) is 44.2 Å². The number of rotatable bonds is 3. The molecule has 0 N–H and O–H groups in total. The first-order chi connectivity index (χ1) is 7.81. The first-order valence-electron chi connectivity index (χ1n) is 6.09. The van der Waals surface area contributed by atoms with E-state index >= 15 is 0 Å². The van der Waals surface area contributed by atoms with Crippen molar-refractivity contribution < 1.29 is 9.53 Å². The predicted octanol–water partition coefficient (Wildman–Crippen LogP) is 3.77. The quantitative estimate of drug-likeness (QED) is 0.744. The average molecular weight is 234 g/mol. The van der Waals surface area contributed by atoms with E-state index in [9.17, 15) is 4.79 Å². The molecule has 2 atom stereocenters. The zero-order valence-electron chi connectivity index (χ0n) is 11.4. The Morgan fingerprint density at radius 2 is 1.65 bits per heavy atom. The monoisotopic (exact) mass is 234 g/mol. The van der Waals surface area contributed by atoms with Gasteiger partial charge >= 0.3 is 5.97 Å². The van der Waals surface area contributed by atoms with Gasteiger partial charge in [-0.3, -0.25) is 4.79 Å². The normalized spacial score (nSPS) is 15.1. The van der Waals surface area contributed by atoms with Crippen molar-refractivity contribution in [2.24, 2.45) is 5.92 Å². The van der Waals surface area contributed by atoms with E-state index < -0.39 is 5.60 Å². The lowest BCUT2D eigenvalue weighted by Gasteiger charge is -2.25. The molecule has 0 amide bonds. The third-order valence-electron chi connectivity index (χ3n) is 2.85. The molecule has 0 heterocycles. The van der Waals surface area contributed by atoms with Crippen LogP contribution < -0.4 is 0 Å². The average Bonchev–Trinajstić information content (AvgIpc) is 2.26. The minimum atomic E-state index is -0.415. The van der Waals surface area contributed by atoms with E-state index in [1.165, 1.54) is 5.56 Å². The molecule has 0 saturated carbocycles. The molecule has 2 nitrogen and oxygen atoms in total. The molecule has 94 valence electrons. The van der Waals surface area contributed by atoms with Crippen molar-refractivity contribution >= 4 is 5.97 Å². The van der Waals surface area contributed by atoms with Crippen molar-refractivity contribution in [1.82, 2.24) is 0 Å². The Labute approximate surface area is 104 Å². The number of hydrogen-bond acceptors (Lipinski definition) is 2. The van der Waals surface area contributed by atoms with Gasteiger partial charge in [-0.15, -0.1) is 0 Å². The van der Waals surface area contributed by atoms with Crippen LogP contribution in [0.3, 0.4) is 0 Å². The fraction of sp³-hybridized carbons (Fsp3) is 0.533. The van der Waals surface area contributed by atoms with E-state index in [-0.39, 0.29) is 17.8 Å². The maximum Gasteiger partial charge on any atom is 0.309 e. The standard InChI is InChI=1S/C15H22O2/c1-11(13-9-7-6-8-10-13)12(2)14(16)17-15(3,4)5/h6-12H,1-5H3/t11-,12+/m0/s1. The Bertz CT molecular complexity index is 362. The van der Waals surface area contributed by atoms with Gasteiger partial charge in [0.05, 0.1) is 5.92 Å². The molecule has 17 heavy (non-hydrogen) atoms. The zero-order chi connectivity index (χ0) is 13.1. The summed E-state index contributed by atoms with van der Waals surface area (Å²) in [6.07, 6.45) is 0. The molecule has 0 saturated heterocycles. The first-order valence-corrected chi connectivity index (χ1v) is 6.09. The lowest BCUT2D eigenvalue weighted by Crippen LogP contribution is -2.29. The third-order valence-corrected chi connectivity index (χ3v) is 2.85. The van der Waals surface area contributed by atoms with Crippen LogP contribution in [-0.2, 0) is 9.53 Å². The van der Waals surface area contributed by atoms with Crippen LogP contribution in [0, 0.1) is 5.92 Å². The van der Waals surface area contributed by atoms with E-state index in [0.717, 1.165) is 0 Å². The molecule has 0 unspecified atom stereocenters. The molecule has 1 aromatic carbocycles. The molecule has 2 heteroatoms. The van der Waals surface area contributed by atoms with Gasteiger partial charge in [-0.05, 0) is 32.3 Å². The smallest absolute Gasteiger partial charge is 0.309 e. The Balaban J connectivity index is 2.70. The van der Waals surface area contributed by atoms with Crippen molar-refractivity contribution in [2.45, 2.75) is 46.1 Å². The number of carbonyl (C=O) groups is 1. The van der Waals surface area contributed by atoms with Gasteiger partial charge in [-0.25, -0.2) is 0 Å². The SMILES string of the molecule is C[C@H](c1ccccc1)[C@@H](C)C(=O)OC(C)(C)C. The summed E-state index contributed by atoms with van der Waals surface area (Å²) < 4.78 is 5.40. The van der Waals surface area contributed by atoms with Crippen LogP contribution in [0.15, 0.2) is 30.3 Å². The second-order valence-corrected chi connectivity index (χ2v) is 5.52. The molecule has 0 bridgehead atoms. The molecule has 0 spiro atoms. The maximum atomic E-state index is 12.0. The Morgan fingerprint density at radius 1 is 1.12 bits per heavy atom. The highest BCUT2D eigenvalue weighted by Crippen LogP contribution is 2.26. The van der Waals surface area contributed by atoms with Gasteiger partial charge in [-0.2, -0.15) is 0 Å². The van der Waals surface area contributed by atoms with E-state index in [1.807, 2.05) is 58.0 Å². The molecule has 0 aliphatic rings.